The van der Waals surface area contributed by atoms with E-state index in [9.17, 15) is 0 Å². The van der Waals surface area contributed by atoms with E-state index in [1.165, 1.54) is 0 Å². The summed E-state index contributed by atoms with van der Waals surface area (Å²) in [6, 6.07) is 1.85. The highest BCUT2D eigenvalue weighted by atomic mass is 15.2. The van der Waals surface area contributed by atoms with Crippen molar-refractivity contribution in [2.45, 2.75) is 6.42 Å². The second kappa shape index (κ2) is 1.76. The van der Waals surface area contributed by atoms with E-state index in [1.807, 2.05) is 12.3 Å². The van der Waals surface area contributed by atoms with E-state index in [4.69, 9.17) is 5.41 Å². The summed E-state index contributed by atoms with van der Waals surface area (Å²) in [5, 5.41) is 14.6. The molecular weight excluding hydrogens is 128 g/mol. The van der Waals surface area contributed by atoms with Crippen LogP contribution in [-0.4, -0.2) is 10.8 Å². The lowest BCUT2D eigenvalue weighted by molar-refractivity contribution is 1.06. The van der Waals surface area contributed by atoms with Crippen molar-refractivity contribution >= 4 is 11.5 Å². The van der Waals surface area contributed by atoms with E-state index in [1.54, 1.807) is 0 Å². The van der Waals surface area contributed by atoms with E-state index in [0.29, 0.717) is 12.3 Å². The third-order valence-corrected chi connectivity index (χ3v) is 1.43. The summed E-state index contributed by atoms with van der Waals surface area (Å²) >= 11 is 0. The summed E-state index contributed by atoms with van der Waals surface area (Å²) in [4.78, 5) is 2.99. The largest absolute Gasteiger partial charge is 0.363 e. The number of nitrogens with zero attached hydrogens (tertiary/aromatic N) is 2. The topological polar surface area (TPSA) is 64.4 Å². The molecule has 2 heterocycles. The normalized spacial score (nSPS) is 15.4. The predicted molar refractivity (Wildman–Crippen MR) is 36.7 cm³/mol. The Morgan fingerprint density at radius 3 is 3.30 bits per heavy atom. The summed E-state index contributed by atoms with van der Waals surface area (Å²) in [5.74, 6) is 0.315. The van der Waals surface area contributed by atoms with Gasteiger partial charge in [0.15, 0.2) is 0 Å². The molecule has 2 rings (SSSR count). The number of aromatic amines is 1. The van der Waals surface area contributed by atoms with Gasteiger partial charge in [-0.3, -0.25) is 5.41 Å². The van der Waals surface area contributed by atoms with Crippen molar-refractivity contribution in [3.63, 3.8) is 0 Å². The molecule has 0 atom stereocenters. The second-order valence-electron chi connectivity index (χ2n) is 2.16. The maximum atomic E-state index is 7.18. The minimum atomic E-state index is 0.315. The minimum Gasteiger partial charge on any atom is -0.363 e. The van der Waals surface area contributed by atoms with Crippen LogP contribution in [-0.2, 0) is 6.42 Å². The van der Waals surface area contributed by atoms with Gasteiger partial charge in [0.1, 0.15) is 11.5 Å². The Hall–Kier alpha value is -1.45. The zero-order chi connectivity index (χ0) is 6.97. The average molecular weight is 134 g/mol. The molecule has 1 aromatic rings. The molecule has 50 valence electrons. The molecule has 4 nitrogen and oxygen atoms in total. The van der Waals surface area contributed by atoms with Gasteiger partial charge in [0, 0.05) is 6.20 Å². The van der Waals surface area contributed by atoms with Gasteiger partial charge in [0.2, 0.25) is 0 Å². The predicted octanol–water partition coefficient (Wildman–Crippen LogP) is 1.63. The first-order valence-corrected chi connectivity index (χ1v) is 3.02. The molecule has 0 fully saturated rings. The quantitative estimate of drug-likeness (QED) is 0.541. The molecule has 1 aliphatic rings. The van der Waals surface area contributed by atoms with Crippen molar-refractivity contribution in [1.29, 1.82) is 5.41 Å². The van der Waals surface area contributed by atoms with Crippen molar-refractivity contribution in [2.24, 2.45) is 10.2 Å². The number of hydrogen-bond acceptors (Lipinski definition) is 2. The fraction of sp³-hybridized carbons (Fsp3) is 0.167. The second-order valence-corrected chi connectivity index (χ2v) is 2.16. The maximum Gasteiger partial charge on any atom is 0.149 e. The fourth-order valence-corrected chi connectivity index (χ4v) is 0.948. The van der Waals surface area contributed by atoms with E-state index in [2.05, 4.69) is 15.2 Å². The van der Waals surface area contributed by atoms with Crippen LogP contribution in [0.25, 0.3) is 0 Å². The molecule has 1 aromatic heterocycles. The molecule has 0 radical (unpaired) electrons. The Kier molecular flexibility index (Phi) is 0.943. The molecule has 0 bridgehead atoms. The molecule has 1 aliphatic heterocycles. The van der Waals surface area contributed by atoms with Crippen LogP contribution >= 0.6 is 0 Å². The highest BCUT2D eigenvalue weighted by Crippen LogP contribution is 2.22. The third-order valence-electron chi connectivity index (χ3n) is 1.43. The van der Waals surface area contributed by atoms with Crippen LogP contribution in [0, 0.1) is 5.41 Å². The van der Waals surface area contributed by atoms with Gasteiger partial charge in [0.05, 0.1) is 12.1 Å². The van der Waals surface area contributed by atoms with Gasteiger partial charge in [-0.1, -0.05) is 0 Å². The SMILES string of the molecule is N=C1Cc2[nH]ccc2N=N1. The Bertz CT molecular complexity index is 296. The van der Waals surface area contributed by atoms with Gasteiger partial charge in [-0.15, -0.1) is 10.2 Å². The highest BCUT2D eigenvalue weighted by molar-refractivity contribution is 5.84. The molecule has 0 aliphatic carbocycles. The molecular formula is C6H6N4. The van der Waals surface area contributed by atoms with Gasteiger partial charge < -0.3 is 4.98 Å². The van der Waals surface area contributed by atoms with Crippen LogP contribution in [0.4, 0.5) is 5.69 Å². The first-order valence-electron chi connectivity index (χ1n) is 3.02. The van der Waals surface area contributed by atoms with Crippen LogP contribution in [0.2, 0.25) is 0 Å². The van der Waals surface area contributed by atoms with Crippen LogP contribution in [0.5, 0.6) is 0 Å². The Labute approximate surface area is 57.5 Å². The van der Waals surface area contributed by atoms with Crippen molar-refractivity contribution < 1.29 is 0 Å². The monoisotopic (exact) mass is 134 g/mol. The number of rotatable bonds is 0. The maximum absolute atomic E-state index is 7.18. The molecule has 0 saturated carbocycles. The Balaban J connectivity index is 2.52. The third kappa shape index (κ3) is 0.655. The number of nitrogens with one attached hydrogen (secondary N) is 2. The van der Waals surface area contributed by atoms with E-state index < -0.39 is 0 Å². The molecule has 2 N–H and O–H groups in total. The Morgan fingerprint density at radius 1 is 1.50 bits per heavy atom. The summed E-state index contributed by atoms with van der Waals surface area (Å²) < 4.78 is 0. The van der Waals surface area contributed by atoms with Gasteiger partial charge >= 0.3 is 0 Å². The first kappa shape index (κ1) is 5.34. The van der Waals surface area contributed by atoms with E-state index >= 15 is 0 Å². The van der Waals surface area contributed by atoms with Crippen LogP contribution in [0.3, 0.4) is 0 Å². The molecule has 0 aromatic carbocycles. The van der Waals surface area contributed by atoms with Crippen LogP contribution < -0.4 is 0 Å². The summed E-state index contributed by atoms with van der Waals surface area (Å²) in [6.45, 7) is 0. The van der Waals surface area contributed by atoms with Crippen molar-refractivity contribution in [3.8, 4) is 0 Å². The fourth-order valence-electron chi connectivity index (χ4n) is 0.948. The standard InChI is InChI=1S/C6H6N4/c7-6-3-5-4(9-10-6)1-2-8-5/h1-2,7-8H,3H2. The van der Waals surface area contributed by atoms with Crippen molar-refractivity contribution in [1.82, 2.24) is 4.98 Å². The number of azo groups is 1. The van der Waals surface area contributed by atoms with Gasteiger partial charge in [-0.2, -0.15) is 0 Å². The molecule has 4 heteroatoms. The average Bonchev–Trinajstić information content (AvgIpc) is 2.33. The summed E-state index contributed by atoms with van der Waals surface area (Å²) in [6.07, 6.45) is 2.38. The van der Waals surface area contributed by atoms with Crippen LogP contribution in [0.15, 0.2) is 22.5 Å². The minimum absolute atomic E-state index is 0.315. The molecule has 10 heavy (non-hydrogen) atoms. The lowest BCUT2D eigenvalue weighted by atomic mass is 10.2. The number of fused-ring (bicyclic) bond motifs is 1. The molecule has 0 saturated heterocycles. The first-order chi connectivity index (χ1) is 4.86. The summed E-state index contributed by atoms with van der Waals surface area (Å²) in [5.41, 5.74) is 1.84. The number of hydrogen-bond donors (Lipinski definition) is 2. The molecule has 0 spiro atoms. The smallest absolute Gasteiger partial charge is 0.149 e. The van der Waals surface area contributed by atoms with Crippen LogP contribution in [0.1, 0.15) is 5.69 Å². The van der Waals surface area contributed by atoms with Gasteiger partial charge in [-0.25, -0.2) is 0 Å². The summed E-state index contributed by atoms with van der Waals surface area (Å²) in [7, 11) is 0. The molecule has 0 unspecified atom stereocenters. The number of H-pyrrole nitrogens is 1. The lowest BCUT2D eigenvalue weighted by Crippen LogP contribution is -2.00. The van der Waals surface area contributed by atoms with Crippen molar-refractivity contribution in [2.75, 3.05) is 0 Å². The number of amidine groups is 1. The Morgan fingerprint density at radius 2 is 2.40 bits per heavy atom. The molecule has 0 amide bonds. The lowest BCUT2D eigenvalue weighted by Gasteiger charge is -2.01. The van der Waals surface area contributed by atoms with E-state index in [0.717, 1.165) is 11.4 Å². The zero-order valence-corrected chi connectivity index (χ0v) is 5.26. The number of aromatic nitrogens is 1. The van der Waals surface area contributed by atoms with Crippen molar-refractivity contribution in [3.05, 3.63) is 18.0 Å². The van der Waals surface area contributed by atoms with Gasteiger partial charge in [-0.05, 0) is 6.07 Å². The zero-order valence-electron chi connectivity index (χ0n) is 5.26. The van der Waals surface area contributed by atoms with Gasteiger partial charge in [0.25, 0.3) is 0 Å². The van der Waals surface area contributed by atoms with E-state index in [-0.39, 0.29) is 0 Å². The highest BCUT2D eigenvalue weighted by Gasteiger charge is 2.09.